The lowest BCUT2D eigenvalue weighted by molar-refractivity contribution is 0.0351. The van der Waals surface area contributed by atoms with Crippen molar-refractivity contribution in [3.05, 3.63) is 119 Å². The molecule has 3 N–H and O–H groups in total. The Bertz CT molecular complexity index is 2860. The number of pyridine rings is 1. The first-order valence-electron chi connectivity index (χ1n) is 22.4. The molecule has 0 saturated carbocycles. The number of hydrogen-bond acceptors (Lipinski definition) is 14. The number of anilines is 3. The highest BCUT2D eigenvalue weighted by Crippen LogP contribution is 2.45. The fourth-order valence-electron chi connectivity index (χ4n) is 9.13. The predicted molar refractivity (Wildman–Crippen MR) is 259 cm³/mol. The molecule has 17 nitrogen and oxygen atoms in total. The van der Waals surface area contributed by atoms with Gasteiger partial charge in [0.15, 0.2) is 23.0 Å². The molecule has 0 aliphatic carbocycles. The van der Waals surface area contributed by atoms with E-state index in [0.29, 0.717) is 69.2 Å². The number of benzene rings is 3. The number of nitrogens with zero attached hydrogens (tertiary/aromatic N) is 9. The number of hydrogen-bond donors (Lipinski definition) is 3. The lowest BCUT2D eigenvalue weighted by Crippen LogP contribution is -2.50. The summed E-state index contributed by atoms with van der Waals surface area (Å²) in [5.74, 6) is 2.12. The van der Waals surface area contributed by atoms with Gasteiger partial charge in [0.1, 0.15) is 16.6 Å². The molecule has 3 aromatic heterocycles. The molecular formula is C50H59N11O6. The molecule has 5 heterocycles. The first kappa shape index (κ1) is 46.4. The normalized spacial score (nSPS) is 14.6. The summed E-state index contributed by atoms with van der Waals surface area (Å²) in [4.78, 5) is 44.4. The fraction of sp³-hybridized carbons (Fsp3) is 0.380. The second kappa shape index (κ2) is 18.6. The molecule has 1 amide bonds. The largest absolute Gasteiger partial charge is 0.493 e. The van der Waals surface area contributed by atoms with E-state index in [1.165, 1.54) is 10.9 Å². The lowest BCUT2D eigenvalue weighted by atomic mass is 9.81. The Hall–Kier alpha value is -7.11. The Balaban J connectivity index is 0.881. The van der Waals surface area contributed by atoms with E-state index in [1.54, 1.807) is 81.3 Å². The highest BCUT2D eigenvalue weighted by molar-refractivity contribution is 5.99. The molecule has 6 aromatic rings. The Morgan fingerprint density at radius 1 is 0.896 bits per heavy atom. The van der Waals surface area contributed by atoms with Crippen molar-refractivity contribution >= 4 is 45.6 Å². The first-order chi connectivity index (χ1) is 32.0. The van der Waals surface area contributed by atoms with Crippen LogP contribution in [0.4, 0.5) is 28.7 Å². The van der Waals surface area contributed by atoms with Gasteiger partial charge in [0.2, 0.25) is 11.7 Å². The second-order valence-electron chi connectivity index (χ2n) is 18.9. The molecule has 67 heavy (non-hydrogen) atoms. The topological polar surface area (TPSA) is 186 Å². The van der Waals surface area contributed by atoms with Crippen molar-refractivity contribution in [2.24, 2.45) is 15.6 Å². The minimum atomic E-state index is -1.18. The number of rotatable bonds is 17. The second-order valence-corrected chi connectivity index (χ2v) is 18.9. The minimum absolute atomic E-state index is 0.0927. The molecular weight excluding hydrogens is 851 g/mol. The van der Waals surface area contributed by atoms with E-state index >= 15 is 0 Å². The zero-order chi connectivity index (χ0) is 47.7. The SMILES string of the molecule is C=CCn1c(=O)c2cnc(Nc3ccc(N4CCN(CC(C)(C)CC(C)(C)Oc5c(OC)cc(N=Nc6cccc7c6CNC7=O)cc5OC)CC4)cc3)nc2n1-c1cccc(C(C)(C)O)n1. The van der Waals surface area contributed by atoms with Crippen LogP contribution in [0.25, 0.3) is 16.9 Å². The first-order valence-corrected chi connectivity index (χ1v) is 22.4. The van der Waals surface area contributed by atoms with Gasteiger partial charge in [-0.15, -0.1) is 6.58 Å². The van der Waals surface area contributed by atoms with Crippen LogP contribution in [0.3, 0.4) is 0 Å². The van der Waals surface area contributed by atoms with Crippen LogP contribution in [0.15, 0.2) is 107 Å². The van der Waals surface area contributed by atoms with Crippen molar-refractivity contribution in [1.82, 2.24) is 34.5 Å². The van der Waals surface area contributed by atoms with Crippen LogP contribution in [0.1, 0.15) is 69.6 Å². The number of carbonyl (C=O) groups excluding carboxylic acids is 1. The van der Waals surface area contributed by atoms with Crippen molar-refractivity contribution in [3.63, 3.8) is 0 Å². The van der Waals surface area contributed by atoms with E-state index in [2.05, 4.69) is 87.0 Å². The summed E-state index contributed by atoms with van der Waals surface area (Å²) in [6.07, 6.45) is 3.92. The third-order valence-electron chi connectivity index (χ3n) is 11.9. The van der Waals surface area contributed by atoms with Gasteiger partial charge in [-0.2, -0.15) is 15.2 Å². The predicted octanol–water partition coefficient (Wildman–Crippen LogP) is 8.21. The average molecular weight is 910 g/mol. The maximum Gasteiger partial charge on any atom is 0.278 e. The highest BCUT2D eigenvalue weighted by Gasteiger charge is 2.35. The van der Waals surface area contributed by atoms with Crippen molar-refractivity contribution in [1.29, 1.82) is 0 Å². The molecule has 2 aliphatic heterocycles. The van der Waals surface area contributed by atoms with Crippen LogP contribution in [-0.4, -0.2) is 92.8 Å². The van der Waals surface area contributed by atoms with E-state index in [0.717, 1.165) is 56.1 Å². The number of amides is 1. The van der Waals surface area contributed by atoms with E-state index in [9.17, 15) is 14.7 Å². The summed E-state index contributed by atoms with van der Waals surface area (Å²) in [5, 5.41) is 26.1. The van der Waals surface area contributed by atoms with Gasteiger partial charge in [0, 0.05) is 80.1 Å². The monoisotopic (exact) mass is 909 g/mol. The number of azo groups is 1. The van der Waals surface area contributed by atoms with E-state index in [-0.39, 0.29) is 23.4 Å². The molecule has 17 heteroatoms. The smallest absolute Gasteiger partial charge is 0.278 e. The maximum atomic E-state index is 13.5. The summed E-state index contributed by atoms with van der Waals surface area (Å²) in [6.45, 7) is 21.0. The molecule has 8 rings (SSSR count). The molecule has 0 bridgehead atoms. The summed E-state index contributed by atoms with van der Waals surface area (Å²) < 4.78 is 21.5. The van der Waals surface area contributed by atoms with Gasteiger partial charge in [-0.25, -0.2) is 19.3 Å². The van der Waals surface area contributed by atoms with Gasteiger partial charge >= 0.3 is 0 Å². The van der Waals surface area contributed by atoms with Crippen LogP contribution in [0, 0.1) is 5.41 Å². The molecule has 0 atom stereocenters. The molecule has 350 valence electrons. The maximum absolute atomic E-state index is 13.5. The van der Waals surface area contributed by atoms with E-state index < -0.39 is 11.2 Å². The van der Waals surface area contributed by atoms with Crippen LogP contribution in [-0.2, 0) is 18.7 Å². The number of carbonyl (C=O) groups is 1. The third-order valence-corrected chi connectivity index (χ3v) is 11.9. The van der Waals surface area contributed by atoms with Crippen LogP contribution in [0.5, 0.6) is 17.2 Å². The Morgan fingerprint density at radius 2 is 1.60 bits per heavy atom. The molecule has 0 unspecified atom stereocenters. The van der Waals surface area contributed by atoms with Crippen LogP contribution >= 0.6 is 0 Å². The van der Waals surface area contributed by atoms with Crippen molar-refractivity contribution < 1.29 is 24.1 Å². The Labute approximate surface area is 390 Å². The molecule has 1 fully saturated rings. The number of methoxy groups -OCH3 is 2. The zero-order valence-electron chi connectivity index (χ0n) is 39.5. The number of ether oxygens (including phenoxy) is 3. The quantitative estimate of drug-likeness (QED) is 0.0589. The number of aromatic nitrogens is 5. The standard InChI is InChI=1S/C50H59N11O6/c1-10-21-60-46(63)37-29-52-47(55-44(37)61(60)42-16-12-15-41(54-42)50(6,7)64)53-32-17-19-34(20-18-32)59-24-22-58(23-25-59)31-48(2,3)30-49(4,5)67-43-39(65-8)26-33(27-40(43)66-9)56-57-38-14-11-13-35-36(38)28-51-45(35)62/h10-20,26-27,29,64H,1,21-25,28,30-31H2,2-9H3,(H,51,62)(H,52,53,55). The molecule has 1 saturated heterocycles. The van der Waals surface area contributed by atoms with Gasteiger partial charge in [-0.05, 0) is 88.1 Å². The van der Waals surface area contributed by atoms with Gasteiger partial charge in [-0.1, -0.05) is 32.1 Å². The fourth-order valence-corrected chi connectivity index (χ4v) is 9.13. The third kappa shape index (κ3) is 10.2. The minimum Gasteiger partial charge on any atom is -0.493 e. The zero-order valence-corrected chi connectivity index (χ0v) is 39.5. The molecule has 3 aromatic carbocycles. The number of nitrogens with one attached hydrogen (secondary N) is 2. The Kier molecular flexibility index (Phi) is 12.9. The Morgan fingerprint density at radius 3 is 2.27 bits per heavy atom. The van der Waals surface area contributed by atoms with Gasteiger partial charge in [0.05, 0.1) is 37.8 Å². The number of aliphatic hydroxyl groups is 1. The van der Waals surface area contributed by atoms with Crippen molar-refractivity contribution in [2.45, 2.75) is 72.3 Å². The molecule has 0 spiro atoms. The summed E-state index contributed by atoms with van der Waals surface area (Å²) >= 11 is 0. The average Bonchev–Trinajstić information content (AvgIpc) is 3.81. The van der Waals surface area contributed by atoms with E-state index in [4.69, 9.17) is 19.2 Å². The highest BCUT2D eigenvalue weighted by atomic mass is 16.5. The number of allylic oxidation sites excluding steroid dienone is 1. The number of fused-ring (bicyclic) bond motifs is 2. The summed E-state index contributed by atoms with van der Waals surface area (Å²) in [6, 6.07) is 22.5. The molecule has 2 aliphatic rings. The molecule has 0 radical (unpaired) electrons. The van der Waals surface area contributed by atoms with Crippen LogP contribution in [0.2, 0.25) is 0 Å². The lowest BCUT2D eigenvalue weighted by Gasteiger charge is -2.42. The van der Waals surface area contributed by atoms with Crippen LogP contribution < -0.4 is 35.3 Å². The van der Waals surface area contributed by atoms with Crippen molar-refractivity contribution in [3.8, 4) is 23.1 Å². The van der Waals surface area contributed by atoms with Gasteiger partial charge < -0.3 is 34.9 Å². The van der Waals surface area contributed by atoms with Crippen molar-refractivity contribution in [2.75, 3.05) is 57.2 Å². The van der Waals surface area contributed by atoms with Gasteiger partial charge in [0.25, 0.3) is 11.5 Å². The summed E-state index contributed by atoms with van der Waals surface area (Å²) in [7, 11) is 3.18. The number of piperazine rings is 1. The summed E-state index contributed by atoms with van der Waals surface area (Å²) in [5.41, 5.74) is 3.24. The van der Waals surface area contributed by atoms with Gasteiger partial charge in [-0.3, -0.25) is 14.5 Å². The van der Waals surface area contributed by atoms with E-state index in [1.807, 2.05) is 18.2 Å².